The van der Waals surface area contributed by atoms with E-state index in [9.17, 15) is 9.18 Å². The summed E-state index contributed by atoms with van der Waals surface area (Å²) >= 11 is 0. The average Bonchev–Trinajstić information content (AvgIpc) is 2.43. The fourth-order valence-electron chi connectivity index (χ4n) is 1.46. The fraction of sp³-hybridized carbons (Fsp3) is 0.889. The van der Waals surface area contributed by atoms with Crippen molar-refractivity contribution in [2.75, 3.05) is 26.7 Å². The molecule has 0 spiro atoms. The predicted molar refractivity (Wildman–Crippen MR) is 49.4 cm³/mol. The summed E-state index contributed by atoms with van der Waals surface area (Å²) in [5, 5.41) is 0. The van der Waals surface area contributed by atoms with E-state index in [1.165, 1.54) is 0 Å². The molecule has 0 aromatic rings. The van der Waals surface area contributed by atoms with Crippen molar-refractivity contribution in [1.82, 2.24) is 9.80 Å². The van der Waals surface area contributed by atoms with Crippen molar-refractivity contribution >= 4 is 6.03 Å². The molecule has 0 radical (unpaired) electrons. The van der Waals surface area contributed by atoms with Crippen LogP contribution < -0.4 is 0 Å². The Labute approximate surface area is 78.5 Å². The lowest BCUT2D eigenvalue weighted by Gasteiger charge is -2.23. The number of rotatable bonds is 1. The van der Waals surface area contributed by atoms with Gasteiger partial charge in [-0.15, -0.1) is 0 Å². The predicted octanol–water partition coefficient (Wildman–Crippen LogP) is 1.49. The zero-order valence-electron chi connectivity index (χ0n) is 8.51. The van der Waals surface area contributed by atoms with E-state index in [0.717, 1.165) is 0 Å². The second-order valence-electron chi connectivity index (χ2n) is 3.88. The molecule has 1 aliphatic rings. The van der Waals surface area contributed by atoms with Crippen molar-refractivity contribution in [2.45, 2.75) is 25.9 Å². The van der Waals surface area contributed by atoms with E-state index >= 15 is 0 Å². The maximum atomic E-state index is 13.4. The van der Waals surface area contributed by atoms with Gasteiger partial charge in [0, 0.05) is 26.6 Å². The Bertz CT molecular complexity index is 206. The molecule has 3 nitrogen and oxygen atoms in total. The highest BCUT2D eigenvalue weighted by molar-refractivity contribution is 5.74. The van der Waals surface area contributed by atoms with Crippen molar-refractivity contribution in [2.24, 2.45) is 0 Å². The van der Waals surface area contributed by atoms with E-state index in [1.807, 2.05) is 6.92 Å². The van der Waals surface area contributed by atoms with Gasteiger partial charge in [-0.25, -0.2) is 9.18 Å². The largest absolute Gasteiger partial charge is 0.328 e. The van der Waals surface area contributed by atoms with Gasteiger partial charge in [-0.05, 0) is 13.8 Å². The summed E-state index contributed by atoms with van der Waals surface area (Å²) in [4.78, 5) is 14.7. The van der Waals surface area contributed by atoms with Crippen LogP contribution in [0.3, 0.4) is 0 Å². The molecule has 76 valence electrons. The van der Waals surface area contributed by atoms with Gasteiger partial charge in [0.2, 0.25) is 0 Å². The van der Waals surface area contributed by atoms with Crippen LogP contribution >= 0.6 is 0 Å². The van der Waals surface area contributed by atoms with Gasteiger partial charge in [0.1, 0.15) is 5.67 Å². The third-order valence-corrected chi connectivity index (χ3v) is 2.49. The van der Waals surface area contributed by atoms with Gasteiger partial charge < -0.3 is 9.80 Å². The van der Waals surface area contributed by atoms with Gasteiger partial charge in [-0.2, -0.15) is 0 Å². The molecule has 1 atom stereocenters. The molecule has 2 amide bonds. The fourth-order valence-corrected chi connectivity index (χ4v) is 1.46. The van der Waals surface area contributed by atoms with E-state index in [0.29, 0.717) is 19.5 Å². The van der Waals surface area contributed by atoms with E-state index < -0.39 is 5.67 Å². The van der Waals surface area contributed by atoms with Crippen LogP contribution in [0.1, 0.15) is 20.3 Å². The highest BCUT2D eigenvalue weighted by atomic mass is 19.1. The minimum atomic E-state index is -1.19. The van der Waals surface area contributed by atoms with Crippen molar-refractivity contribution in [1.29, 1.82) is 0 Å². The number of hydrogen-bond acceptors (Lipinski definition) is 1. The smallest absolute Gasteiger partial charge is 0.319 e. The number of carbonyl (C=O) groups excluding carboxylic acids is 1. The number of halogens is 1. The molecule has 4 heteroatoms. The number of amides is 2. The summed E-state index contributed by atoms with van der Waals surface area (Å²) in [6.45, 7) is 4.89. The zero-order valence-corrected chi connectivity index (χ0v) is 8.51. The molecular formula is C9H17FN2O. The van der Waals surface area contributed by atoms with Crippen LogP contribution in [-0.2, 0) is 0 Å². The standard InChI is InChI=1S/C9H17FN2O/c1-4-11(3)8(13)12-6-5-9(2,10)7-12/h4-7H2,1-3H3. The number of hydrogen-bond donors (Lipinski definition) is 0. The number of carbonyl (C=O) groups is 1. The Morgan fingerprint density at radius 1 is 1.69 bits per heavy atom. The van der Waals surface area contributed by atoms with Gasteiger partial charge in [-0.3, -0.25) is 0 Å². The molecule has 0 aromatic heterocycles. The molecule has 0 bridgehead atoms. The molecule has 1 fully saturated rings. The van der Waals surface area contributed by atoms with Crippen LogP contribution in [0.2, 0.25) is 0 Å². The number of urea groups is 1. The van der Waals surface area contributed by atoms with Crippen molar-refractivity contribution < 1.29 is 9.18 Å². The molecule has 1 aliphatic heterocycles. The Morgan fingerprint density at radius 2 is 2.31 bits per heavy atom. The lowest BCUT2D eigenvalue weighted by molar-refractivity contribution is 0.157. The third-order valence-electron chi connectivity index (χ3n) is 2.49. The molecule has 1 heterocycles. The van der Waals surface area contributed by atoms with Crippen LogP contribution in [0.4, 0.5) is 9.18 Å². The monoisotopic (exact) mass is 188 g/mol. The van der Waals surface area contributed by atoms with E-state index in [1.54, 1.807) is 23.8 Å². The van der Waals surface area contributed by atoms with E-state index in [-0.39, 0.29) is 12.6 Å². The first kappa shape index (κ1) is 10.3. The van der Waals surface area contributed by atoms with Crippen LogP contribution in [0.15, 0.2) is 0 Å². The Kier molecular flexibility index (Phi) is 2.78. The van der Waals surface area contributed by atoms with Crippen LogP contribution in [0, 0.1) is 0 Å². The summed E-state index contributed by atoms with van der Waals surface area (Å²) in [6, 6.07) is -0.0659. The molecule has 0 saturated carbocycles. The average molecular weight is 188 g/mol. The molecule has 0 aliphatic carbocycles. The zero-order chi connectivity index (χ0) is 10.1. The second-order valence-corrected chi connectivity index (χ2v) is 3.88. The first-order valence-electron chi connectivity index (χ1n) is 4.65. The first-order valence-corrected chi connectivity index (χ1v) is 4.65. The van der Waals surface area contributed by atoms with E-state index in [2.05, 4.69) is 0 Å². The number of alkyl halides is 1. The topological polar surface area (TPSA) is 23.6 Å². The summed E-state index contributed by atoms with van der Waals surface area (Å²) in [5.41, 5.74) is -1.19. The second kappa shape index (κ2) is 3.52. The molecule has 0 N–H and O–H groups in total. The highest BCUT2D eigenvalue weighted by Gasteiger charge is 2.36. The van der Waals surface area contributed by atoms with Crippen molar-refractivity contribution in [3.05, 3.63) is 0 Å². The van der Waals surface area contributed by atoms with Crippen LogP contribution in [0.5, 0.6) is 0 Å². The van der Waals surface area contributed by atoms with E-state index in [4.69, 9.17) is 0 Å². The number of nitrogens with zero attached hydrogens (tertiary/aromatic N) is 2. The van der Waals surface area contributed by atoms with Crippen molar-refractivity contribution in [3.63, 3.8) is 0 Å². The molecule has 1 unspecified atom stereocenters. The van der Waals surface area contributed by atoms with Crippen molar-refractivity contribution in [3.8, 4) is 0 Å². The van der Waals surface area contributed by atoms with Crippen LogP contribution in [0.25, 0.3) is 0 Å². The highest BCUT2D eigenvalue weighted by Crippen LogP contribution is 2.25. The van der Waals surface area contributed by atoms with Crippen LogP contribution in [-0.4, -0.2) is 48.2 Å². The molecule has 1 saturated heterocycles. The summed E-state index contributed by atoms with van der Waals surface area (Å²) in [7, 11) is 1.73. The summed E-state index contributed by atoms with van der Waals surface area (Å²) < 4.78 is 13.4. The SMILES string of the molecule is CCN(C)C(=O)N1CCC(C)(F)C1. The Morgan fingerprint density at radius 3 is 2.69 bits per heavy atom. The molecule has 0 aromatic carbocycles. The minimum absolute atomic E-state index is 0.0659. The summed E-state index contributed by atoms with van der Waals surface area (Å²) in [6.07, 6.45) is 0.455. The maximum Gasteiger partial charge on any atom is 0.319 e. The Balaban J connectivity index is 2.51. The molecule has 1 rings (SSSR count). The molecule has 13 heavy (non-hydrogen) atoms. The molecular weight excluding hydrogens is 171 g/mol. The van der Waals surface area contributed by atoms with Gasteiger partial charge in [0.25, 0.3) is 0 Å². The lowest BCUT2D eigenvalue weighted by Crippen LogP contribution is -2.40. The van der Waals surface area contributed by atoms with Gasteiger partial charge in [-0.1, -0.05) is 0 Å². The number of likely N-dealkylation sites (tertiary alicyclic amines) is 1. The Hall–Kier alpha value is -0.800. The third kappa shape index (κ3) is 2.32. The first-order chi connectivity index (χ1) is 5.96. The lowest BCUT2D eigenvalue weighted by atomic mass is 10.1. The van der Waals surface area contributed by atoms with Gasteiger partial charge in [0.15, 0.2) is 0 Å². The minimum Gasteiger partial charge on any atom is -0.328 e. The summed E-state index contributed by atoms with van der Waals surface area (Å²) in [5.74, 6) is 0. The van der Waals surface area contributed by atoms with Gasteiger partial charge >= 0.3 is 6.03 Å². The van der Waals surface area contributed by atoms with Gasteiger partial charge in [0.05, 0.1) is 6.54 Å². The quantitative estimate of drug-likeness (QED) is 0.611. The maximum absolute atomic E-state index is 13.4. The normalized spacial score (nSPS) is 27.8.